The molecule has 0 aliphatic heterocycles. The van der Waals surface area contributed by atoms with E-state index >= 15 is 0 Å². The summed E-state index contributed by atoms with van der Waals surface area (Å²) < 4.78 is 73.2. The number of ether oxygens (including phenoxy) is 2. The lowest BCUT2D eigenvalue weighted by atomic mass is 9.92. The van der Waals surface area contributed by atoms with Gasteiger partial charge in [-0.25, -0.2) is 9.59 Å². The van der Waals surface area contributed by atoms with E-state index in [-0.39, 0.29) is 33.8 Å². The highest BCUT2D eigenvalue weighted by Gasteiger charge is 2.30. The number of carbonyl (C=O) groups is 2. The first-order valence-corrected chi connectivity index (χ1v) is 13.0. The molecule has 0 spiro atoms. The summed E-state index contributed by atoms with van der Waals surface area (Å²) in [6.07, 6.45) is -0.189. The molecule has 0 amide bonds. The summed E-state index contributed by atoms with van der Waals surface area (Å²) in [5.74, 6) is -1.37. The minimum absolute atomic E-state index is 0.0946. The summed E-state index contributed by atoms with van der Waals surface area (Å²) in [5.41, 5.74) is 1.69. The van der Waals surface area contributed by atoms with Crippen LogP contribution in [0.4, 0.5) is 11.4 Å². The van der Waals surface area contributed by atoms with Crippen molar-refractivity contribution in [2.24, 2.45) is 0 Å². The van der Waals surface area contributed by atoms with Crippen LogP contribution in [0.3, 0.4) is 0 Å². The molecule has 0 heterocycles. The molecule has 36 heavy (non-hydrogen) atoms. The van der Waals surface area contributed by atoms with E-state index in [0.717, 1.165) is 0 Å². The summed E-state index contributed by atoms with van der Waals surface area (Å²) in [7, 11) is -6.40. The summed E-state index contributed by atoms with van der Waals surface area (Å²) >= 11 is 0. The molecular formula is C22H22N2O10S2. The second-order valence-corrected chi connectivity index (χ2v) is 10.3. The highest BCUT2D eigenvalue weighted by atomic mass is 32.2. The molecule has 0 atom stereocenters. The van der Waals surface area contributed by atoms with Gasteiger partial charge in [0.15, 0.2) is 0 Å². The minimum Gasteiger partial charge on any atom is -0.466 e. The molecule has 12 nitrogen and oxygen atoms in total. The molecule has 0 fully saturated rings. The average molecular weight is 539 g/mol. The van der Waals surface area contributed by atoms with Crippen molar-refractivity contribution in [3.8, 4) is 0 Å². The Bertz CT molecular complexity index is 1340. The zero-order valence-corrected chi connectivity index (χ0v) is 20.6. The van der Waals surface area contributed by atoms with E-state index in [1.54, 1.807) is 0 Å². The van der Waals surface area contributed by atoms with Gasteiger partial charge in [0, 0.05) is 35.6 Å². The first-order valence-electron chi connectivity index (χ1n) is 10.1. The topological polar surface area (TPSA) is 185 Å². The number of hydrogen-bond donors (Lipinski definition) is 4. The van der Waals surface area contributed by atoms with Gasteiger partial charge >= 0.3 is 11.9 Å². The molecule has 192 valence electrons. The quantitative estimate of drug-likeness (QED) is 0.284. The molecule has 1 aliphatic rings. The third-order valence-electron chi connectivity index (χ3n) is 5.19. The van der Waals surface area contributed by atoms with Crippen LogP contribution in [0, 0.1) is 0 Å². The number of carbonyl (C=O) groups excluding carboxylic acids is 2. The van der Waals surface area contributed by atoms with Gasteiger partial charge in [-0.1, -0.05) is 0 Å². The average Bonchev–Trinajstić information content (AvgIpc) is 2.83. The monoisotopic (exact) mass is 538 g/mol. The van der Waals surface area contributed by atoms with Crippen LogP contribution in [-0.2, 0) is 39.3 Å². The van der Waals surface area contributed by atoms with Crippen molar-refractivity contribution < 1.29 is 45.0 Å². The number of hydrogen-bond acceptors (Lipinski definition) is 10. The Morgan fingerprint density at radius 2 is 0.972 bits per heavy atom. The summed E-state index contributed by atoms with van der Waals surface area (Å²) in [6.45, 7) is 0. The standard InChI is InChI=1S/C22H22N2O10S2/c1-33-21(25)17-11-20(24-14-5-9-16(10-6-14)36(30,31)32)18(22(26)34-2)12-19(17)23-13-3-7-15(8-4-13)35(27,28)29/h3-10,23-24H,11-12H2,1-2H3,(H,27,28,29)(H,30,31,32). The molecule has 4 N–H and O–H groups in total. The number of allylic oxidation sites excluding steroid dienone is 2. The van der Waals surface area contributed by atoms with Crippen LogP contribution in [0.25, 0.3) is 0 Å². The van der Waals surface area contributed by atoms with Gasteiger partial charge in [0.1, 0.15) is 0 Å². The maximum atomic E-state index is 12.6. The maximum absolute atomic E-state index is 12.6. The van der Waals surface area contributed by atoms with E-state index < -0.39 is 32.2 Å². The molecule has 0 bridgehead atoms. The molecule has 2 aromatic carbocycles. The summed E-state index contributed by atoms with van der Waals surface area (Å²) in [5, 5.41) is 5.96. The van der Waals surface area contributed by atoms with E-state index in [4.69, 9.17) is 18.6 Å². The lowest BCUT2D eigenvalue weighted by Gasteiger charge is -2.25. The summed E-state index contributed by atoms with van der Waals surface area (Å²) in [4.78, 5) is 24.5. The zero-order chi connectivity index (χ0) is 26.7. The molecule has 0 saturated carbocycles. The molecule has 0 radical (unpaired) electrons. The second-order valence-electron chi connectivity index (χ2n) is 7.50. The lowest BCUT2D eigenvalue weighted by Crippen LogP contribution is -2.24. The van der Waals surface area contributed by atoms with Crippen LogP contribution in [0.15, 0.2) is 80.9 Å². The van der Waals surface area contributed by atoms with Gasteiger partial charge in [-0.3, -0.25) is 9.11 Å². The fourth-order valence-electron chi connectivity index (χ4n) is 3.43. The Kier molecular flexibility index (Phi) is 7.83. The number of methoxy groups -OCH3 is 2. The molecule has 14 heteroatoms. The van der Waals surface area contributed by atoms with Gasteiger partial charge in [0.25, 0.3) is 20.2 Å². The second kappa shape index (κ2) is 10.5. The van der Waals surface area contributed by atoms with Gasteiger partial charge in [-0.05, 0) is 48.5 Å². The highest BCUT2D eigenvalue weighted by Crippen LogP contribution is 2.33. The van der Waals surface area contributed by atoms with Gasteiger partial charge < -0.3 is 20.1 Å². The van der Waals surface area contributed by atoms with Crippen LogP contribution in [0.5, 0.6) is 0 Å². The first-order chi connectivity index (χ1) is 16.8. The van der Waals surface area contributed by atoms with Crippen molar-refractivity contribution >= 4 is 43.5 Å². The van der Waals surface area contributed by atoms with Crippen LogP contribution in [0.2, 0.25) is 0 Å². The zero-order valence-electron chi connectivity index (χ0n) is 19.0. The number of rotatable bonds is 8. The molecule has 2 aromatic rings. The Labute approximate surface area is 207 Å². The Morgan fingerprint density at radius 1 is 0.667 bits per heavy atom. The molecule has 3 rings (SSSR count). The van der Waals surface area contributed by atoms with Crippen molar-refractivity contribution in [1.29, 1.82) is 0 Å². The smallest absolute Gasteiger partial charge is 0.335 e. The highest BCUT2D eigenvalue weighted by molar-refractivity contribution is 7.86. The Hall–Kier alpha value is -3.72. The van der Waals surface area contributed by atoms with Gasteiger partial charge in [0.2, 0.25) is 0 Å². The third-order valence-corrected chi connectivity index (χ3v) is 6.93. The van der Waals surface area contributed by atoms with Crippen LogP contribution >= 0.6 is 0 Å². The maximum Gasteiger partial charge on any atom is 0.335 e. The van der Waals surface area contributed by atoms with Crippen molar-refractivity contribution in [3.63, 3.8) is 0 Å². The SMILES string of the molecule is COC(=O)C1=C(Nc2ccc(S(=O)(=O)O)cc2)CC(C(=O)OC)=C(Nc2ccc(S(=O)(=O)O)cc2)C1. The fraction of sp³-hybridized carbons (Fsp3) is 0.182. The first kappa shape index (κ1) is 26.9. The fourth-order valence-corrected chi connectivity index (χ4v) is 4.39. The van der Waals surface area contributed by atoms with Crippen LogP contribution < -0.4 is 10.6 Å². The van der Waals surface area contributed by atoms with Crippen LogP contribution in [0.1, 0.15) is 12.8 Å². The van der Waals surface area contributed by atoms with Crippen molar-refractivity contribution in [2.75, 3.05) is 24.9 Å². The Morgan fingerprint density at radius 3 is 1.22 bits per heavy atom. The van der Waals surface area contributed by atoms with Gasteiger partial charge in [0.05, 0.1) is 35.2 Å². The Balaban J connectivity index is 1.96. The molecular weight excluding hydrogens is 516 g/mol. The lowest BCUT2D eigenvalue weighted by molar-refractivity contribution is -0.137. The normalized spacial score (nSPS) is 14.3. The minimum atomic E-state index is -4.39. The molecule has 0 unspecified atom stereocenters. The number of esters is 2. The van der Waals surface area contributed by atoms with E-state index in [9.17, 15) is 26.4 Å². The van der Waals surface area contributed by atoms with E-state index in [0.29, 0.717) is 22.8 Å². The molecule has 0 aromatic heterocycles. The van der Waals surface area contributed by atoms with Crippen molar-refractivity contribution in [3.05, 3.63) is 71.1 Å². The predicted molar refractivity (Wildman–Crippen MR) is 127 cm³/mol. The molecule has 1 aliphatic carbocycles. The number of nitrogens with one attached hydrogen (secondary N) is 2. The number of anilines is 2. The third kappa shape index (κ3) is 6.28. The predicted octanol–water partition coefficient (Wildman–Crippen LogP) is 2.35. The number of benzene rings is 2. The molecule has 0 saturated heterocycles. The van der Waals surface area contributed by atoms with Crippen LogP contribution in [-0.4, -0.2) is 52.1 Å². The van der Waals surface area contributed by atoms with Gasteiger partial charge in [-0.2, -0.15) is 16.8 Å². The van der Waals surface area contributed by atoms with E-state index in [2.05, 4.69) is 10.6 Å². The van der Waals surface area contributed by atoms with Crippen molar-refractivity contribution in [2.45, 2.75) is 22.6 Å². The van der Waals surface area contributed by atoms with Gasteiger partial charge in [-0.15, -0.1) is 0 Å². The summed E-state index contributed by atoms with van der Waals surface area (Å²) in [6, 6.07) is 10.2. The largest absolute Gasteiger partial charge is 0.466 e. The van der Waals surface area contributed by atoms with E-state index in [1.165, 1.54) is 62.8 Å². The van der Waals surface area contributed by atoms with Crippen molar-refractivity contribution in [1.82, 2.24) is 0 Å². The van der Waals surface area contributed by atoms with E-state index in [1.807, 2.05) is 0 Å².